The van der Waals surface area contributed by atoms with Crippen LogP contribution in [0.25, 0.3) is 0 Å². The molecule has 2 fully saturated rings. The largest absolute Gasteiger partial charge is 0.383 e. The normalized spacial score (nSPS) is 38.3. The molecule has 0 bridgehead atoms. The number of hydrogen-bond acceptors (Lipinski definition) is 3. The smallest absolute Gasteiger partial charge is 0.0589 e. The zero-order valence-corrected chi connectivity index (χ0v) is 12.7. The second-order valence-electron chi connectivity index (χ2n) is 6.49. The van der Waals surface area contributed by atoms with Crippen molar-refractivity contribution in [2.24, 2.45) is 17.8 Å². The summed E-state index contributed by atoms with van der Waals surface area (Å²) < 4.78 is 5.27. The maximum absolute atomic E-state index is 5.27. The van der Waals surface area contributed by atoms with E-state index in [4.69, 9.17) is 4.74 Å². The van der Waals surface area contributed by atoms with E-state index in [9.17, 15) is 0 Å². The van der Waals surface area contributed by atoms with Crippen LogP contribution in [0.3, 0.4) is 0 Å². The van der Waals surface area contributed by atoms with E-state index in [0.717, 1.165) is 36.9 Å². The van der Waals surface area contributed by atoms with Crippen molar-refractivity contribution in [3.8, 4) is 0 Å². The molecule has 2 aliphatic rings. The third-order valence-corrected chi connectivity index (χ3v) is 5.34. The Morgan fingerprint density at radius 1 is 1.17 bits per heavy atom. The topological polar surface area (TPSA) is 15.7 Å². The Morgan fingerprint density at radius 2 is 1.89 bits per heavy atom. The molecule has 1 aliphatic carbocycles. The van der Waals surface area contributed by atoms with Crippen LogP contribution in [-0.2, 0) is 4.74 Å². The third kappa shape index (κ3) is 2.59. The number of hydrogen-bond donors (Lipinski definition) is 0. The molecule has 0 radical (unpaired) electrons. The second-order valence-corrected chi connectivity index (χ2v) is 6.49. The Kier molecular flexibility index (Phi) is 4.68. The fourth-order valence-electron chi connectivity index (χ4n) is 3.84. The SMILES string of the molecule is COCCN1CCN(C(C)C)CC2C(C)C(C)C21. The van der Waals surface area contributed by atoms with Gasteiger partial charge in [0.2, 0.25) is 0 Å². The van der Waals surface area contributed by atoms with Gasteiger partial charge in [-0.15, -0.1) is 0 Å². The lowest BCUT2D eigenvalue weighted by Crippen LogP contribution is -2.59. The van der Waals surface area contributed by atoms with Crippen LogP contribution in [0, 0.1) is 17.8 Å². The number of methoxy groups -OCH3 is 1. The van der Waals surface area contributed by atoms with Crippen LogP contribution < -0.4 is 0 Å². The van der Waals surface area contributed by atoms with Gasteiger partial charge >= 0.3 is 0 Å². The molecule has 0 aromatic heterocycles. The van der Waals surface area contributed by atoms with Gasteiger partial charge in [0.15, 0.2) is 0 Å². The number of rotatable bonds is 4. The Hall–Kier alpha value is -0.120. The van der Waals surface area contributed by atoms with Crippen molar-refractivity contribution >= 4 is 0 Å². The van der Waals surface area contributed by atoms with Crippen LogP contribution in [0.2, 0.25) is 0 Å². The highest BCUT2D eigenvalue weighted by Gasteiger charge is 2.49. The lowest BCUT2D eigenvalue weighted by molar-refractivity contribution is -0.0472. The summed E-state index contributed by atoms with van der Waals surface area (Å²) in [5, 5.41) is 0. The van der Waals surface area contributed by atoms with Crippen molar-refractivity contribution in [3.05, 3.63) is 0 Å². The molecule has 0 aromatic carbocycles. The first-order chi connectivity index (χ1) is 8.56. The van der Waals surface area contributed by atoms with E-state index in [1.807, 2.05) is 7.11 Å². The average molecular weight is 254 g/mol. The molecule has 1 heterocycles. The molecule has 1 aliphatic heterocycles. The van der Waals surface area contributed by atoms with Gasteiger partial charge in [-0.1, -0.05) is 13.8 Å². The summed E-state index contributed by atoms with van der Waals surface area (Å²) in [6.45, 7) is 15.2. The number of ether oxygens (including phenoxy) is 1. The Balaban J connectivity index is 2.04. The van der Waals surface area contributed by atoms with E-state index in [2.05, 4.69) is 37.5 Å². The van der Waals surface area contributed by atoms with E-state index in [0.29, 0.717) is 6.04 Å². The van der Waals surface area contributed by atoms with Crippen molar-refractivity contribution in [2.45, 2.75) is 39.8 Å². The standard InChI is InChI=1S/C15H30N2O/c1-11(2)17-7-6-16(8-9-18-5)15-13(4)12(3)14(15)10-17/h11-15H,6-10H2,1-5H3. The predicted molar refractivity (Wildman–Crippen MR) is 75.8 cm³/mol. The maximum Gasteiger partial charge on any atom is 0.0589 e. The maximum atomic E-state index is 5.27. The minimum Gasteiger partial charge on any atom is -0.383 e. The van der Waals surface area contributed by atoms with Crippen molar-refractivity contribution < 1.29 is 4.74 Å². The molecule has 106 valence electrons. The Morgan fingerprint density at radius 3 is 2.50 bits per heavy atom. The zero-order chi connectivity index (χ0) is 13.3. The van der Waals surface area contributed by atoms with Crippen LogP contribution in [0.15, 0.2) is 0 Å². The summed E-state index contributed by atoms with van der Waals surface area (Å²) in [7, 11) is 1.81. The molecule has 0 amide bonds. The minimum atomic E-state index is 0.677. The second kappa shape index (κ2) is 5.89. The molecule has 18 heavy (non-hydrogen) atoms. The molecule has 1 saturated heterocycles. The first-order valence-electron chi connectivity index (χ1n) is 7.53. The molecule has 4 atom stereocenters. The lowest BCUT2D eigenvalue weighted by atomic mass is 9.61. The fourth-order valence-corrected chi connectivity index (χ4v) is 3.84. The summed E-state index contributed by atoms with van der Waals surface area (Å²) in [5.41, 5.74) is 0. The van der Waals surface area contributed by atoms with Gasteiger partial charge in [0.1, 0.15) is 0 Å². The molecule has 0 spiro atoms. The minimum absolute atomic E-state index is 0.677. The van der Waals surface area contributed by atoms with Crippen molar-refractivity contribution in [1.82, 2.24) is 9.80 Å². The van der Waals surface area contributed by atoms with Crippen LogP contribution in [0.1, 0.15) is 27.7 Å². The first kappa shape index (κ1) is 14.3. The van der Waals surface area contributed by atoms with Crippen molar-refractivity contribution in [3.63, 3.8) is 0 Å². The van der Waals surface area contributed by atoms with E-state index < -0.39 is 0 Å². The van der Waals surface area contributed by atoms with E-state index >= 15 is 0 Å². The summed E-state index contributed by atoms with van der Waals surface area (Å²) >= 11 is 0. The van der Waals surface area contributed by atoms with Gasteiger partial charge in [-0.25, -0.2) is 0 Å². The summed E-state index contributed by atoms with van der Waals surface area (Å²) in [6.07, 6.45) is 0. The van der Waals surface area contributed by atoms with Gasteiger partial charge in [0, 0.05) is 45.4 Å². The van der Waals surface area contributed by atoms with E-state index in [1.54, 1.807) is 0 Å². The lowest BCUT2D eigenvalue weighted by Gasteiger charge is -2.53. The van der Waals surface area contributed by atoms with Crippen LogP contribution >= 0.6 is 0 Å². The Labute approximate surface area is 112 Å². The summed E-state index contributed by atoms with van der Waals surface area (Å²) in [4.78, 5) is 5.34. The highest BCUT2D eigenvalue weighted by atomic mass is 16.5. The van der Waals surface area contributed by atoms with Crippen LogP contribution in [0.5, 0.6) is 0 Å². The molecular formula is C15H30N2O. The summed E-state index contributed by atoms with van der Waals surface area (Å²) in [6, 6.07) is 1.47. The van der Waals surface area contributed by atoms with E-state index in [1.165, 1.54) is 19.6 Å². The highest BCUT2D eigenvalue weighted by Crippen LogP contribution is 2.45. The molecule has 0 N–H and O–H groups in total. The molecule has 1 saturated carbocycles. The third-order valence-electron chi connectivity index (χ3n) is 5.34. The van der Waals surface area contributed by atoms with Crippen LogP contribution in [-0.4, -0.2) is 61.8 Å². The highest BCUT2D eigenvalue weighted by molar-refractivity contribution is 5.02. The molecule has 3 heteroatoms. The van der Waals surface area contributed by atoms with Gasteiger partial charge in [-0.3, -0.25) is 9.80 Å². The van der Waals surface area contributed by atoms with Gasteiger partial charge < -0.3 is 4.74 Å². The van der Waals surface area contributed by atoms with Gasteiger partial charge in [0.25, 0.3) is 0 Å². The van der Waals surface area contributed by atoms with Crippen molar-refractivity contribution in [1.29, 1.82) is 0 Å². The van der Waals surface area contributed by atoms with Crippen LogP contribution in [0.4, 0.5) is 0 Å². The molecular weight excluding hydrogens is 224 g/mol. The van der Waals surface area contributed by atoms with Gasteiger partial charge in [-0.2, -0.15) is 0 Å². The average Bonchev–Trinajstić information content (AvgIpc) is 2.53. The number of nitrogens with zero attached hydrogens (tertiary/aromatic N) is 2. The van der Waals surface area contributed by atoms with Gasteiger partial charge in [0.05, 0.1) is 6.61 Å². The molecule has 2 rings (SSSR count). The summed E-state index contributed by atoms with van der Waals surface area (Å²) in [5.74, 6) is 2.58. The first-order valence-corrected chi connectivity index (χ1v) is 7.53. The van der Waals surface area contributed by atoms with Crippen molar-refractivity contribution in [2.75, 3.05) is 39.9 Å². The zero-order valence-electron chi connectivity index (χ0n) is 12.7. The molecule has 3 nitrogen and oxygen atoms in total. The quantitative estimate of drug-likeness (QED) is 0.762. The molecule has 0 aromatic rings. The van der Waals surface area contributed by atoms with E-state index in [-0.39, 0.29) is 0 Å². The Bertz CT molecular complexity index is 269. The fraction of sp³-hybridized carbons (Fsp3) is 1.00. The monoisotopic (exact) mass is 254 g/mol. The van der Waals surface area contributed by atoms with Gasteiger partial charge in [-0.05, 0) is 31.6 Å². The number of fused-ring (bicyclic) bond motifs is 1. The predicted octanol–water partition coefficient (Wildman–Crippen LogP) is 1.93. The molecule has 4 unspecified atom stereocenters.